The van der Waals surface area contributed by atoms with E-state index in [9.17, 15) is 4.79 Å². The van der Waals surface area contributed by atoms with Crippen LogP contribution in [0.15, 0.2) is 23.0 Å². The van der Waals surface area contributed by atoms with Gasteiger partial charge in [-0.25, -0.2) is 0 Å². The van der Waals surface area contributed by atoms with Crippen molar-refractivity contribution in [2.45, 2.75) is 26.8 Å². The van der Waals surface area contributed by atoms with Crippen molar-refractivity contribution >= 4 is 5.91 Å². The first-order valence-corrected chi connectivity index (χ1v) is 5.91. The molecule has 0 aromatic carbocycles. The average Bonchev–Trinajstić information content (AvgIpc) is 2.75. The Hall–Kier alpha value is -1.29. The van der Waals surface area contributed by atoms with E-state index < -0.39 is 0 Å². The number of hydrogen-bond acceptors (Lipinski definition) is 3. The SMILES string of the molecule is COCCN(Cc1ccoc1)C(=O)CC(C)C. The third-order valence-electron chi connectivity index (χ3n) is 2.45. The predicted molar refractivity (Wildman–Crippen MR) is 65.5 cm³/mol. The Morgan fingerprint density at radius 3 is 2.82 bits per heavy atom. The summed E-state index contributed by atoms with van der Waals surface area (Å²) in [4.78, 5) is 13.8. The summed E-state index contributed by atoms with van der Waals surface area (Å²) in [5.41, 5.74) is 1.01. The van der Waals surface area contributed by atoms with Gasteiger partial charge in [-0.15, -0.1) is 0 Å². The number of nitrogens with zero attached hydrogens (tertiary/aromatic N) is 1. The van der Waals surface area contributed by atoms with Gasteiger partial charge in [-0.1, -0.05) is 13.8 Å². The van der Waals surface area contributed by atoms with Gasteiger partial charge in [-0.05, 0) is 12.0 Å². The molecule has 0 fully saturated rings. The lowest BCUT2D eigenvalue weighted by Gasteiger charge is -2.22. The van der Waals surface area contributed by atoms with Crippen LogP contribution in [0, 0.1) is 5.92 Å². The Balaban J connectivity index is 2.56. The zero-order valence-electron chi connectivity index (χ0n) is 10.8. The highest BCUT2D eigenvalue weighted by molar-refractivity contribution is 5.76. The van der Waals surface area contributed by atoms with Crippen molar-refractivity contribution in [2.75, 3.05) is 20.3 Å². The van der Waals surface area contributed by atoms with Crippen LogP contribution in [0.5, 0.6) is 0 Å². The largest absolute Gasteiger partial charge is 0.472 e. The van der Waals surface area contributed by atoms with Crippen molar-refractivity contribution < 1.29 is 13.9 Å². The Labute approximate surface area is 103 Å². The fourth-order valence-corrected chi connectivity index (χ4v) is 1.57. The summed E-state index contributed by atoms with van der Waals surface area (Å²) in [6.45, 7) is 5.86. The van der Waals surface area contributed by atoms with Crippen LogP contribution < -0.4 is 0 Å². The molecule has 0 atom stereocenters. The molecule has 1 aromatic rings. The van der Waals surface area contributed by atoms with Crippen LogP contribution >= 0.6 is 0 Å². The monoisotopic (exact) mass is 239 g/mol. The van der Waals surface area contributed by atoms with E-state index in [0.717, 1.165) is 5.56 Å². The maximum absolute atomic E-state index is 12.0. The second-order valence-electron chi connectivity index (χ2n) is 4.54. The number of carbonyl (C=O) groups excluding carboxylic acids is 1. The third kappa shape index (κ3) is 5.04. The van der Waals surface area contributed by atoms with E-state index in [1.807, 2.05) is 24.8 Å². The van der Waals surface area contributed by atoms with E-state index in [-0.39, 0.29) is 5.91 Å². The van der Waals surface area contributed by atoms with E-state index in [1.165, 1.54) is 0 Å². The van der Waals surface area contributed by atoms with Crippen molar-refractivity contribution in [3.63, 3.8) is 0 Å². The number of ether oxygens (including phenoxy) is 1. The summed E-state index contributed by atoms with van der Waals surface area (Å²) in [6, 6.07) is 1.88. The molecule has 1 rings (SSSR count). The van der Waals surface area contributed by atoms with Gasteiger partial charge >= 0.3 is 0 Å². The van der Waals surface area contributed by atoms with Crippen molar-refractivity contribution in [2.24, 2.45) is 5.92 Å². The Morgan fingerprint density at radius 2 is 2.29 bits per heavy atom. The lowest BCUT2D eigenvalue weighted by atomic mass is 10.1. The summed E-state index contributed by atoms with van der Waals surface area (Å²) in [7, 11) is 1.64. The van der Waals surface area contributed by atoms with Gasteiger partial charge in [0.05, 0.1) is 19.1 Å². The molecule has 17 heavy (non-hydrogen) atoms. The Kier molecular flexibility index (Phi) is 5.77. The molecule has 4 nitrogen and oxygen atoms in total. The normalized spacial score (nSPS) is 10.8. The third-order valence-corrected chi connectivity index (χ3v) is 2.45. The fourth-order valence-electron chi connectivity index (χ4n) is 1.57. The molecule has 0 unspecified atom stereocenters. The maximum Gasteiger partial charge on any atom is 0.223 e. The minimum Gasteiger partial charge on any atom is -0.472 e. The van der Waals surface area contributed by atoms with E-state index in [1.54, 1.807) is 19.6 Å². The minimum atomic E-state index is 0.165. The number of hydrogen-bond donors (Lipinski definition) is 0. The molecule has 0 radical (unpaired) electrons. The fraction of sp³-hybridized carbons (Fsp3) is 0.615. The van der Waals surface area contributed by atoms with Crippen molar-refractivity contribution in [1.82, 2.24) is 4.90 Å². The zero-order chi connectivity index (χ0) is 12.7. The quantitative estimate of drug-likeness (QED) is 0.733. The van der Waals surface area contributed by atoms with E-state index in [0.29, 0.717) is 32.0 Å². The molecule has 1 heterocycles. The molecule has 96 valence electrons. The van der Waals surface area contributed by atoms with Gasteiger partial charge in [0.15, 0.2) is 0 Å². The van der Waals surface area contributed by atoms with Crippen LogP contribution in [0.3, 0.4) is 0 Å². The van der Waals surface area contributed by atoms with Gasteiger partial charge in [-0.2, -0.15) is 0 Å². The molecule has 0 saturated carbocycles. The number of amides is 1. The lowest BCUT2D eigenvalue weighted by molar-refractivity contribution is -0.133. The highest BCUT2D eigenvalue weighted by Gasteiger charge is 2.15. The molecule has 0 saturated heterocycles. The molecule has 0 aliphatic carbocycles. The van der Waals surface area contributed by atoms with Gasteiger partial charge in [0.2, 0.25) is 5.91 Å². The maximum atomic E-state index is 12.0. The van der Waals surface area contributed by atoms with Crippen molar-refractivity contribution in [3.8, 4) is 0 Å². The minimum absolute atomic E-state index is 0.165. The second kappa shape index (κ2) is 7.12. The van der Waals surface area contributed by atoms with Crippen LogP contribution in [-0.4, -0.2) is 31.1 Å². The molecule has 1 aromatic heterocycles. The summed E-state index contributed by atoms with van der Waals surface area (Å²) >= 11 is 0. The van der Waals surface area contributed by atoms with Crippen LogP contribution in [0.2, 0.25) is 0 Å². The number of carbonyl (C=O) groups is 1. The first-order chi connectivity index (χ1) is 8.13. The summed E-state index contributed by atoms with van der Waals surface area (Å²) in [5.74, 6) is 0.537. The molecular formula is C13H21NO3. The van der Waals surface area contributed by atoms with Crippen molar-refractivity contribution in [3.05, 3.63) is 24.2 Å². The van der Waals surface area contributed by atoms with Crippen LogP contribution in [0.1, 0.15) is 25.8 Å². The van der Waals surface area contributed by atoms with Crippen molar-refractivity contribution in [1.29, 1.82) is 0 Å². The average molecular weight is 239 g/mol. The predicted octanol–water partition coefficient (Wildman–Crippen LogP) is 2.30. The van der Waals surface area contributed by atoms with Gasteiger partial charge in [0, 0.05) is 32.2 Å². The molecule has 0 bridgehead atoms. The number of methoxy groups -OCH3 is 1. The molecule has 0 spiro atoms. The second-order valence-corrected chi connectivity index (χ2v) is 4.54. The van der Waals surface area contributed by atoms with Crippen LogP contribution in [-0.2, 0) is 16.1 Å². The molecular weight excluding hydrogens is 218 g/mol. The van der Waals surface area contributed by atoms with Crippen LogP contribution in [0.4, 0.5) is 0 Å². The lowest BCUT2D eigenvalue weighted by Crippen LogP contribution is -2.33. The zero-order valence-corrected chi connectivity index (χ0v) is 10.8. The van der Waals surface area contributed by atoms with Gasteiger partial charge in [0.1, 0.15) is 0 Å². The number of furan rings is 1. The Morgan fingerprint density at radius 1 is 1.53 bits per heavy atom. The summed E-state index contributed by atoms with van der Waals surface area (Å²) < 4.78 is 10.0. The first-order valence-electron chi connectivity index (χ1n) is 5.91. The topological polar surface area (TPSA) is 42.7 Å². The highest BCUT2D eigenvalue weighted by Crippen LogP contribution is 2.09. The molecule has 4 heteroatoms. The summed E-state index contributed by atoms with van der Waals surface area (Å²) in [5, 5.41) is 0. The van der Waals surface area contributed by atoms with Gasteiger partial charge in [0.25, 0.3) is 0 Å². The molecule has 0 aliphatic heterocycles. The van der Waals surface area contributed by atoms with E-state index in [4.69, 9.17) is 9.15 Å². The van der Waals surface area contributed by atoms with E-state index in [2.05, 4.69) is 0 Å². The Bertz CT molecular complexity index is 319. The van der Waals surface area contributed by atoms with Gasteiger partial charge in [-0.3, -0.25) is 4.79 Å². The number of rotatable bonds is 7. The first kappa shape index (κ1) is 13.8. The molecule has 0 aliphatic rings. The van der Waals surface area contributed by atoms with Gasteiger partial charge < -0.3 is 14.1 Å². The smallest absolute Gasteiger partial charge is 0.223 e. The van der Waals surface area contributed by atoms with E-state index >= 15 is 0 Å². The van der Waals surface area contributed by atoms with Crippen LogP contribution in [0.25, 0.3) is 0 Å². The highest BCUT2D eigenvalue weighted by atomic mass is 16.5. The molecule has 0 N–H and O–H groups in total. The molecule has 1 amide bonds. The summed E-state index contributed by atoms with van der Waals surface area (Å²) in [6.07, 6.45) is 3.86. The standard InChI is InChI=1S/C13H21NO3/c1-11(2)8-13(15)14(5-7-16-3)9-12-4-6-17-10-12/h4,6,10-11H,5,7-9H2,1-3H3.